The van der Waals surface area contributed by atoms with Gasteiger partial charge in [0, 0.05) is 18.5 Å². The number of aromatic hydroxyl groups is 1. The molecule has 90 valence electrons. The van der Waals surface area contributed by atoms with Gasteiger partial charge in [0.2, 0.25) is 5.88 Å². The van der Waals surface area contributed by atoms with Gasteiger partial charge in [0.1, 0.15) is 5.76 Å². The molecule has 17 heavy (non-hydrogen) atoms. The molecule has 2 N–H and O–H groups in total. The highest BCUT2D eigenvalue weighted by Crippen LogP contribution is 2.42. The molecule has 0 unspecified atom stereocenters. The van der Waals surface area contributed by atoms with Crippen LogP contribution in [0.3, 0.4) is 0 Å². The monoisotopic (exact) mass is 251 g/mol. The Bertz CT molecular complexity index is 534. The highest BCUT2D eigenvalue weighted by Gasteiger charge is 2.19. The van der Waals surface area contributed by atoms with Crippen LogP contribution in [0, 0.1) is 0 Å². The minimum atomic E-state index is 0.180. The molecule has 1 heterocycles. The minimum Gasteiger partial charge on any atom is -0.504 e. The van der Waals surface area contributed by atoms with E-state index in [1.54, 1.807) is 19.2 Å². The number of halogens is 1. The molecule has 0 radical (unpaired) electrons. The van der Waals surface area contributed by atoms with Crippen molar-refractivity contribution in [2.75, 3.05) is 12.4 Å². The van der Waals surface area contributed by atoms with Crippen LogP contribution in [0.25, 0.3) is 11.1 Å². The number of hydrogen-bond acceptors (Lipinski definition) is 3. The van der Waals surface area contributed by atoms with Crippen LogP contribution < -0.4 is 5.32 Å². The summed E-state index contributed by atoms with van der Waals surface area (Å²) >= 11 is 5.95. The Morgan fingerprint density at radius 1 is 1.41 bits per heavy atom. The molecule has 0 aliphatic carbocycles. The smallest absolute Gasteiger partial charge is 0.204 e. The number of aryl methyl sites for hydroxylation is 1. The summed E-state index contributed by atoms with van der Waals surface area (Å²) in [5, 5.41) is 13.7. The van der Waals surface area contributed by atoms with Crippen LogP contribution in [0.5, 0.6) is 5.75 Å². The molecule has 2 rings (SSSR count). The third-order valence-electron chi connectivity index (χ3n) is 2.61. The lowest BCUT2D eigenvalue weighted by molar-refractivity contribution is 0.438. The highest BCUT2D eigenvalue weighted by molar-refractivity contribution is 6.30. The van der Waals surface area contributed by atoms with Crippen molar-refractivity contribution >= 4 is 17.5 Å². The summed E-state index contributed by atoms with van der Waals surface area (Å²) in [6.45, 7) is 1.93. The third kappa shape index (κ3) is 2.11. The van der Waals surface area contributed by atoms with Crippen molar-refractivity contribution in [2.45, 2.75) is 13.3 Å². The highest BCUT2D eigenvalue weighted by atomic mass is 35.5. The van der Waals surface area contributed by atoms with Gasteiger partial charge in [0.15, 0.2) is 5.75 Å². The van der Waals surface area contributed by atoms with Gasteiger partial charge in [-0.1, -0.05) is 30.7 Å². The van der Waals surface area contributed by atoms with E-state index in [0.717, 1.165) is 5.56 Å². The van der Waals surface area contributed by atoms with Crippen LogP contribution in [0.15, 0.2) is 28.7 Å². The Hall–Kier alpha value is -1.61. The van der Waals surface area contributed by atoms with Crippen molar-refractivity contribution in [1.29, 1.82) is 0 Å². The van der Waals surface area contributed by atoms with Crippen LogP contribution in [0.2, 0.25) is 5.02 Å². The van der Waals surface area contributed by atoms with Crippen LogP contribution in [-0.2, 0) is 6.42 Å². The van der Waals surface area contributed by atoms with Crippen LogP contribution in [-0.4, -0.2) is 12.2 Å². The fraction of sp³-hybridized carbons (Fsp3) is 0.231. The topological polar surface area (TPSA) is 45.4 Å². The average molecular weight is 252 g/mol. The van der Waals surface area contributed by atoms with Gasteiger partial charge in [-0.05, 0) is 17.7 Å². The Morgan fingerprint density at radius 2 is 2.18 bits per heavy atom. The molecule has 0 atom stereocenters. The molecule has 0 aliphatic rings. The van der Waals surface area contributed by atoms with Gasteiger partial charge in [0.25, 0.3) is 0 Å². The van der Waals surface area contributed by atoms with Gasteiger partial charge in [-0.15, -0.1) is 0 Å². The Morgan fingerprint density at radius 3 is 2.76 bits per heavy atom. The lowest BCUT2D eigenvalue weighted by Gasteiger charge is -2.02. The number of nitrogens with one attached hydrogen (secondary N) is 1. The summed E-state index contributed by atoms with van der Waals surface area (Å²) in [6.07, 6.45) is 0.640. The maximum absolute atomic E-state index is 10.1. The number of benzene rings is 1. The second-order valence-corrected chi connectivity index (χ2v) is 4.13. The summed E-state index contributed by atoms with van der Waals surface area (Å²) in [5.41, 5.74) is 1.50. The Kier molecular flexibility index (Phi) is 3.29. The zero-order chi connectivity index (χ0) is 12.4. The molecule has 0 fully saturated rings. The van der Waals surface area contributed by atoms with Crippen molar-refractivity contribution in [3.8, 4) is 16.9 Å². The molecular formula is C13H14ClNO2. The summed E-state index contributed by atoms with van der Waals surface area (Å²) in [7, 11) is 1.76. The first kappa shape index (κ1) is 11.9. The first-order valence-electron chi connectivity index (χ1n) is 5.45. The van der Waals surface area contributed by atoms with Crippen molar-refractivity contribution in [2.24, 2.45) is 0 Å². The zero-order valence-electron chi connectivity index (χ0n) is 9.75. The second-order valence-electron chi connectivity index (χ2n) is 3.69. The Balaban J connectivity index is 2.61. The molecule has 0 aliphatic heterocycles. The summed E-state index contributed by atoms with van der Waals surface area (Å²) in [4.78, 5) is 0. The first-order chi connectivity index (χ1) is 8.17. The van der Waals surface area contributed by atoms with Crippen molar-refractivity contribution < 1.29 is 9.52 Å². The number of rotatable bonds is 3. The van der Waals surface area contributed by atoms with Crippen molar-refractivity contribution in [1.82, 2.24) is 0 Å². The molecule has 0 amide bonds. The van der Waals surface area contributed by atoms with Crippen LogP contribution >= 0.6 is 11.6 Å². The van der Waals surface area contributed by atoms with Gasteiger partial charge < -0.3 is 14.8 Å². The minimum absolute atomic E-state index is 0.180. The molecular weight excluding hydrogens is 238 g/mol. The molecule has 0 bridgehead atoms. The summed E-state index contributed by atoms with van der Waals surface area (Å²) in [5.74, 6) is 1.31. The fourth-order valence-electron chi connectivity index (χ4n) is 1.80. The maximum Gasteiger partial charge on any atom is 0.204 e. The van der Waals surface area contributed by atoms with Gasteiger partial charge in [-0.3, -0.25) is 0 Å². The van der Waals surface area contributed by atoms with E-state index in [4.69, 9.17) is 16.0 Å². The quantitative estimate of drug-likeness (QED) is 0.869. The molecule has 4 heteroatoms. The van der Waals surface area contributed by atoms with E-state index >= 15 is 0 Å². The maximum atomic E-state index is 10.1. The van der Waals surface area contributed by atoms with E-state index in [2.05, 4.69) is 5.32 Å². The average Bonchev–Trinajstić information content (AvgIpc) is 2.65. The number of anilines is 1. The second kappa shape index (κ2) is 4.72. The van der Waals surface area contributed by atoms with E-state index < -0.39 is 0 Å². The zero-order valence-corrected chi connectivity index (χ0v) is 10.5. The van der Waals surface area contributed by atoms with Crippen LogP contribution in [0.1, 0.15) is 12.7 Å². The fourth-order valence-corrected chi connectivity index (χ4v) is 1.99. The molecule has 2 aromatic rings. The van der Waals surface area contributed by atoms with Gasteiger partial charge in [-0.25, -0.2) is 0 Å². The molecule has 0 saturated heterocycles. The van der Waals surface area contributed by atoms with Gasteiger partial charge in [0.05, 0.1) is 5.56 Å². The SMILES string of the molecule is CCc1oc(NC)c(-c2cccc(Cl)c2)c1O. The predicted octanol–water partition coefficient (Wildman–Crippen LogP) is 3.91. The normalized spacial score (nSPS) is 10.5. The first-order valence-corrected chi connectivity index (χ1v) is 5.83. The van der Waals surface area contributed by atoms with E-state index in [0.29, 0.717) is 28.7 Å². The summed E-state index contributed by atoms with van der Waals surface area (Å²) in [6, 6.07) is 7.32. The standard InChI is InChI=1S/C13H14ClNO2/c1-3-10-12(16)11(13(15-2)17-10)8-5-4-6-9(14)7-8/h4-7,15-16H,3H2,1-2H3. The molecule has 0 spiro atoms. The lowest BCUT2D eigenvalue weighted by Crippen LogP contribution is -1.87. The molecule has 1 aromatic carbocycles. The Labute approximate surface area is 105 Å². The van der Waals surface area contributed by atoms with E-state index in [9.17, 15) is 5.11 Å². The predicted molar refractivity (Wildman–Crippen MR) is 69.7 cm³/mol. The number of hydrogen-bond donors (Lipinski definition) is 2. The van der Waals surface area contributed by atoms with Crippen molar-refractivity contribution in [3.63, 3.8) is 0 Å². The molecule has 3 nitrogen and oxygen atoms in total. The number of furan rings is 1. The van der Waals surface area contributed by atoms with E-state index in [1.165, 1.54) is 0 Å². The van der Waals surface area contributed by atoms with E-state index in [1.807, 2.05) is 19.1 Å². The largest absolute Gasteiger partial charge is 0.504 e. The summed E-state index contributed by atoms with van der Waals surface area (Å²) < 4.78 is 5.53. The van der Waals surface area contributed by atoms with Crippen LogP contribution in [0.4, 0.5) is 5.88 Å². The van der Waals surface area contributed by atoms with Crippen molar-refractivity contribution in [3.05, 3.63) is 35.0 Å². The lowest BCUT2D eigenvalue weighted by atomic mass is 10.1. The van der Waals surface area contributed by atoms with Gasteiger partial charge in [-0.2, -0.15) is 0 Å². The molecule has 1 aromatic heterocycles. The van der Waals surface area contributed by atoms with Gasteiger partial charge >= 0.3 is 0 Å². The molecule has 0 saturated carbocycles. The van der Waals surface area contributed by atoms with E-state index in [-0.39, 0.29) is 5.75 Å². The third-order valence-corrected chi connectivity index (χ3v) is 2.85.